The van der Waals surface area contributed by atoms with Crippen molar-refractivity contribution in [3.8, 4) is 11.1 Å². The van der Waals surface area contributed by atoms with Gasteiger partial charge >= 0.3 is 0 Å². The van der Waals surface area contributed by atoms with Crippen molar-refractivity contribution in [3.05, 3.63) is 59.5 Å². The van der Waals surface area contributed by atoms with Gasteiger partial charge in [-0.15, -0.1) is 24.8 Å². The first-order chi connectivity index (χ1) is 15.0. The molecule has 0 saturated heterocycles. The molecule has 0 aliphatic heterocycles. The lowest BCUT2D eigenvalue weighted by molar-refractivity contribution is 0.0945. The lowest BCUT2D eigenvalue weighted by Gasteiger charge is -2.12. The van der Waals surface area contributed by atoms with Crippen LogP contribution in [-0.4, -0.2) is 30.0 Å². The van der Waals surface area contributed by atoms with Gasteiger partial charge in [0.2, 0.25) is 0 Å². The van der Waals surface area contributed by atoms with E-state index in [-0.39, 0.29) is 42.6 Å². The largest absolute Gasteiger partial charge is 0.350 e. The summed E-state index contributed by atoms with van der Waals surface area (Å²) in [6.45, 7) is 1.03. The maximum Gasteiger partial charge on any atom is 0.268 e. The van der Waals surface area contributed by atoms with Gasteiger partial charge in [0, 0.05) is 23.5 Å². The zero-order valence-corrected chi connectivity index (χ0v) is 20.2. The molecule has 1 aliphatic carbocycles. The number of halogens is 3. The van der Waals surface area contributed by atoms with Gasteiger partial charge in [-0.2, -0.15) is 0 Å². The van der Waals surface area contributed by atoms with Crippen LogP contribution in [0.1, 0.15) is 48.2 Å². The molecule has 0 unspecified atom stereocenters. The van der Waals surface area contributed by atoms with Gasteiger partial charge in [-0.1, -0.05) is 37.1 Å². The van der Waals surface area contributed by atoms with Crippen molar-refractivity contribution in [1.82, 2.24) is 10.3 Å². The lowest BCUT2D eigenvalue weighted by atomic mass is 10.00. The third-order valence-electron chi connectivity index (χ3n) is 6.11. The second-order valence-corrected chi connectivity index (χ2v) is 8.63. The molecule has 1 heterocycles. The number of nitrogens with two attached hydrogens (primary N) is 2. The third kappa shape index (κ3) is 6.93. The van der Waals surface area contributed by atoms with Crippen LogP contribution < -0.4 is 16.8 Å². The first-order valence-corrected chi connectivity index (χ1v) is 11.2. The van der Waals surface area contributed by atoms with Crippen molar-refractivity contribution >= 4 is 41.6 Å². The van der Waals surface area contributed by atoms with Crippen LogP contribution >= 0.6 is 24.8 Å². The molecule has 3 aromatic rings. The number of fused-ring (bicyclic) bond motifs is 1. The topological polar surface area (TPSA) is 96.9 Å². The number of benzene rings is 2. The number of aromatic amines is 1. The number of nitrogens with one attached hydrogen (secondary N) is 2. The molecule has 1 atom stereocenters. The number of hydrogen-bond acceptors (Lipinski definition) is 3. The predicted molar refractivity (Wildman–Crippen MR) is 138 cm³/mol. The van der Waals surface area contributed by atoms with E-state index in [9.17, 15) is 9.18 Å². The molecule has 4 rings (SSSR count). The van der Waals surface area contributed by atoms with Crippen LogP contribution in [0.15, 0.2) is 42.5 Å². The Morgan fingerprint density at radius 2 is 1.82 bits per heavy atom. The molecule has 1 fully saturated rings. The highest BCUT2D eigenvalue weighted by Crippen LogP contribution is 2.36. The minimum absolute atomic E-state index is 0. The van der Waals surface area contributed by atoms with E-state index in [0.717, 1.165) is 59.2 Å². The average Bonchev–Trinajstić information content (AvgIpc) is 3.54. The Kier molecular flexibility index (Phi) is 10.2. The third-order valence-corrected chi connectivity index (χ3v) is 6.11. The van der Waals surface area contributed by atoms with Gasteiger partial charge in [-0.05, 0) is 73.0 Å². The summed E-state index contributed by atoms with van der Waals surface area (Å²) in [5.74, 6) is 0.410. The zero-order chi connectivity index (χ0) is 21.8. The van der Waals surface area contributed by atoms with E-state index in [2.05, 4.69) is 16.4 Å². The van der Waals surface area contributed by atoms with Crippen molar-refractivity contribution in [2.75, 3.05) is 13.1 Å². The van der Waals surface area contributed by atoms with Crippen LogP contribution in [0.3, 0.4) is 0 Å². The first-order valence-electron chi connectivity index (χ1n) is 11.2. The molecule has 5 nitrogen and oxygen atoms in total. The van der Waals surface area contributed by atoms with E-state index in [1.54, 1.807) is 12.1 Å². The van der Waals surface area contributed by atoms with Gasteiger partial charge in [0.15, 0.2) is 0 Å². The zero-order valence-electron chi connectivity index (χ0n) is 18.6. The predicted octanol–water partition coefficient (Wildman–Crippen LogP) is 4.96. The van der Waals surface area contributed by atoms with Crippen molar-refractivity contribution in [1.29, 1.82) is 0 Å². The molecule has 1 aromatic heterocycles. The number of aromatic nitrogens is 1. The highest BCUT2D eigenvalue weighted by molar-refractivity contribution is 6.02. The minimum Gasteiger partial charge on any atom is -0.350 e. The van der Waals surface area contributed by atoms with Crippen LogP contribution in [0.5, 0.6) is 0 Å². The molecule has 0 radical (unpaired) electrons. The molecule has 6 N–H and O–H groups in total. The summed E-state index contributed by atoms with van der Waals surface area (Å²) in [5, 5.41) is 4.06. The standard InChI is InChI=1S/C25H31FN4O.2ClH/c26-19-9-6-17(7-10-19)18-8-12-21-22(11-5-16-3-4-16)24(30-23(21)14-18)25(31)29-15-20(28)2-1-13-27;;/h6-10,12,14,16,20,30H,1-5,11,13,15,27-28H2,(H,29,31);2*1H/t20-;;/m0../s1. The molecule has 0 spiro atoms. The van der Waals surface area contributed by atoms with E-state index in [1.807, 2.05) is 12.1 Å². The van der Waals surface area contributed by atoms with Crippen LogP contribution in [-0.2, 0) is 6.42 Å². The molecule has 0 bridgehead atoms. The van der Waals surface area contributed by atoms with Crippen molar-refractivity contribution in [2.24, 2.45) is 17.4 Å². The van der Waals surface area contributed by atoms with Crippen LogP contribution in [0.2, 0.25) is 0 Å². The Morgan fingerprint density at radius 3 is 2.48 bits per heavy atom. The minimum atomic E-state index is -0.254. The maximum atomic E-state index is 13.3. The number of carbonyl (C=O) groups is 1. The summed E-state index contributed by atoms with van der Waals surface area (Å²) in [6.07, 6.45) is 6.19. The summed E-state index contributed by atoms with van der Waals surface area (Å²) in [7, 11) is 0. The average molecular weight is 495 g/mol. The Bertz CT molecular complexity index is 1050. The molecule has 8 heteroatoms. The molecule has 33 heavy (non-hydrogen) atoms. The molecule has 180 valence electrons. The number of amides is 1. The van der Waals surface area contributed by atoms with Gasteiger partial charge in [0.1, 0.15) is 11.5 Å². The van der Waals surface area contributed by atoms with Crippen LogP contribution in [0.25, 0.3) is 22.0 Å². The van der Waals surface area contributed by atoms with E-state index in [0.29, 0.717) is 18.8 Å². The van der Waals surface area contributed by atoms with E-state index >= 15 is 0 Å². The number of rotatable bonds is 10. The van der Waals surface area contributed by atoms with Gasteiger partial charge in [-0.3, -0.25) is 4.79 Å². The van der Waals surface area contributed by atoms with Gasteiger partial charge < -0.3 is 21.8 Å². The summed E-state index contributed by atoms with van der Waals surface area (Å²) >= 11 is 0. The summed E-state index contributed by atoms with van der Waals surface area (Å²) in [6, 6.07) is 12.5. The lowest BCUT2D eigenvalue weighted by Crippen LogP contribution is -2.37. The van der Waals surface area contributed by atoms with Gasteiger partial charge in [0.05, 0.1) is 0 Å². The molecule has 1 amide bonds. The quantitative estimate of drug-likeness (QED) is 0.320. The number of aryl methyl sites for hydroxylation is 1. The molecule has 1 saturated carbocycles. The SMILES string of the molecule is Cl.Cl.NCCC[C@H](N)CNC(=O)c1[nH]c2cc(-c3ccc(F)cc3)ccc2c1CCC1CC1. The van der Waals surface area contributed by atoms with Crippen molar-refractivity contribution in [3.63, 3.8) is 0 Å². The fourth-order valence-electron chi connectivity index (χ4n) is 4.08. The summed E-state index contributed by atoms with van der Waals surface area (Å²) in [5.41, 5.74) is 16.2. The van der Waals surface area contributed by atoms with Crippen molar-refractivity contribution in [2.45, 2.75) is 44.6 Å². The molecular formula is C25H33Cl2FN4O. The fourth-order valence-corrected chi connectivity index (χ4v) is 4.08. The van der Waals surface area contributed by atoms with Gasteiger partial charge in [0.25, 0.3) is 5.91 Å². The van der Waals surface area contributed by atoms with Gasteiger partial charge in [-0.25, -0.2) is 4.39 Å². The smallest absolute Gasteiger partial charge is 0.268 e. The molecular weight excluding hydrogens is 462 g/mol. The van der Waals surface area contributed by atoms with E-state index in [4.69, 9.17) is 11.5 Å². The second-order valence-electron chi connectivity index (χ2n) is 8.63. The highest BCUT2D eigenvalue weighted by atomic mass is 35.5. The Morgan fingerprint density at radius 1 is 1.12 bits per heavy atom. The molecule has 1 aliphatic rings. The van der Waals surface area contributed by atoms with Crippen molar-refractivity contribution < 1.29 is 9.18 Å². The normalized spacial score (nSPS) is 13.8. The number of carbonyl (C=O) groups excluding carboxylic acids is 1. The Hall–Kier alpha value is -2.12. The van der Waals surface area contributed by atoms with E-state index in [1.165, 1.54) is 25.0 Å². The Balaban J connectivity index is 0.00000193. The summed E-state index contributed by atoms with van der Waals surface area (Å²) < 4.78 is 13.3. The Labute approximate surface area is 206 Å². The van der Waals surface area contributed by atoms with Crippen LogP contribution in [0, 0.1) is 11.7 Å². The van der Waals surface area contributed by atoms with Crippen LogP contribution in [0.4, 0.5) is 4.39 Å². The highest BCUT2D eigenvalue weighted by Gasteiger charge is 2.24. The summed E-state index contributed by atoms with van der Waals surface area (Å²) in [4.78, 5) is 16.4. The second kappa shape index (κ2) is 12.4. The maximum absolute atomic E-state index is 13.3. The number of H-pyrrole nitrogens is 1. The fraction of sp³-hybridized carbons (Fsp3) is 0.400. The monoisotopic (exact) mass is 494 g/mol. The molecule has 2 aromatic carbocycles. The van der Waals surface area contributed by atoms with E-state index < -0.39 is 0 Å². The first kappa shape index (κ1) is 27.1. The number of hydrogen-bond donors (Lipinski definition) is 4.